The fourth-order valence-corrected chi connectivity index (χ4v) is 5.80. The standard InChI is InChI=1S/C29H32ClF3N2O3/c1-38-19-7-8-26-21(16-19)28(22(30)18-34-26)25(33)9-10-29(17-27(36)37)11-14-35(15-12-29)13-3-4-20-23(31)5-2-6-24(20)32/h2,5-8,16,18,25H,3-4,9-15,17H2,1H3,(H,36,37)/t25-/m0/s1. The monoisotopic (exact) mass is 548 g/mol. The van der Waals surface area contributed by atoms with Gasteiger partial charge >= 0.3 is 5.97 Å². The number of aliphatic carboxylic acids is 1. The van der Waals surface area contributed by atoms with Crippen molar-refractivity contribution >= 4 is 28.5 Å². The van der Waals surface area contributed by atoms with Crippen molar-refractivity contribution in [2.24, 2.45) is 5.41 Å². The van der Waals surface area contributed by atoms with Crippen molar-refractivity contribution < 1.29 is 27.8 Å². The number of carboxylic acids is 1. The Morgan fingerprint density at radius 1 is 1.21 bits per heavy atom. The predicted octanol–water partition coefficient (Wildman–Crippen LogP) is 7.16. The van der Waals surface area contributed by atoms with Crippen molar-refractivity contribution in [1.82, 2.24) is 9.88 Å². The Balaban J connectivity index is 1.39. The fourth-order valence-electron chi connectivity index (χ4n) is 5.53. The Morgan fingerprint density at radius 3 is 2.58 bits per heavy atom. The maximum Gasteiger partial charge on any atom is 0.303 e. The smallest absolute Gasteiger partial charge is 0.303 e. The molecule has 2 aromatic carbocycles. The largest absolute Gasteiger partial charge is 0.497 e. The summed E-state index contributed by atoms with van der Waals surface area (Å²) < 4.78 is 48.8. The molecule has 1 N–H and O–H groups in total. The lowest BCUT2D eigenvalue weighted by atomic mass is 9.71. The number of rotatable bonds is 11. The van der Waals surface area contributed by atoms with Crippen molar-refractivity contribution in [2.45, 2.75) is 51.1 Å². The Bertz CT molecular complexity index is 1260. The Morgan fingerprint density at radius 2 is 1.92 bits per heavy atom. The van der Waals surface area contributed by atoms with E-state index in [-0.39, 0.29) is 23.4 Å². The number of carbonyl (C=O) groups is 1. The highest BCUT2D eigenvalue weighted by Gasteiger charge is 2.37. The minimum atomic E-state index is -1.39. The average Bonchev–Trinajstić information content (AvgIpc) is 2.89. The minimum absolute atomic E-state index is 0.0351. The Labute approximate surface area is 225 Å². The van der Waals surface area contributed by atoms with Gasteiger partial charge in [0.15, 0.2) is 0 Å². The van der Waals surface area contributed by atoms with Gasteiger partial charge in [-0.3, -0.25) is 9.78 Å². The molecule has 3 aromatic rings. The van der Waals surface area contributed by atoms with Gasteiger partial charge < -0.3 is 14.7 Å². The molecular formula is C29H32ClF3N2O3. The van der Waals surface area contributed by atoms with Crippen molar-refractivity contribution in [3.8, 4) is 5.75 Å². The number of benzene rings is 2. The number of alkyl halides is 1. The summed E-state index contributed by atoms with van der Waals surface area (Å²) >= 11 is 6.37. The zero-order chi connectivity index (χ0) is 27.3. The van der Waals surface area contributed by atoms with Gasteiger partial charge in [-0.15, -0.1) is 0 Å². The molecule has 0 unspecified atom stereocenters. The summed E-state index contributed by atoms with van der Waals surface area (Å²) in [6.45, 7) is 1.96. The molecule has 5 nitrogen and oxygen atoms in total. The fraction of sp³-hybridized carbons (Fsp3) is 0.448. The van der Waals surface area contributed by atoms with Gasteiger partial charge in [-0.1, -0.05) is 17.7 Å². The molecule has 204 valence electrons. The number of hydrogen-bond donors (Lipinski definition) is 1. The van der Waals surface area contributed by atoms with Crippen molar-refractivity contribution in [2.75, 3.05) is 26.7 Å². The van der Waals surface area contributed by atoms with Gasteiger partial charge in [-0.05, 0) is 93.9 Å². The SMILES string of the molecule is COc1ccc2ncc(Cl)c([C@@H](F)CCC3(CC(=O)O)CCN(CCCc4c(F)cccc4F)CC3)c2c1. The molecule has 1 aromatic heterocycles. The maximum atomic E-state index is 15.7. The number of halogens is 4. The van der Waals surface area contributed by atoms with E-state index in [1.165, 1.54) is 31.5 Å². The third kappa shape index (κ3) is 6.59. The van der Waals surface area contributed by atoms with E-state index in [0.717, 1.165) is 0 Å². The predicted molar refractivity (Wildman–Crippen MR) is 141 cm³/mol. The second-order valence-electron chi connectivity index (χ2n) is 10.1. The molecule has 38 heavy (non-hydrogen) atoms. The number of fused-ring (bicyclic) bond motifs is 1. The highest BCUT2D eigenvalue weighted by atomic mass is 35.5. The van der Waals surface area contributed by atoms with Crippen LogP contribution in [0.4, 0.5) is 13.2 Å². The molecule has 0 amide bonds. The molecule has 9 heteroatoms. The van der Waals surface area contributed by atoms with Crippen LogP contribution in [0, 0.1) is 17.0 Å². The molecule has 2 heterocycles. The number of nitrogens with zero attached hydrogens (tertiary/aromatic N) is 2. The molecule has 1 saturated heterocycles. The number of methoxy groups -OCH3 is 1. The first-order valence-corrected chi connectivity index (χ1v) is 13.2. The summed E-state index contributed by atoms with van der Waals surface area (Å²) in [7, 11) is 1.53. The summed E-state index contributed by atoms with van der Waals surface area (Å²) in [6, 6.07) is 9.09. The molecule has 0 spiro atoms. The van der Waals surface area contributed by atoms with E-state index < -0.39 is 29.2 Å². The van der Waals surface area contributed by atoms with E-state index in [0.29, 0.717) is 74.0 Å². The van der Waals surface area contributed by atoms with Gasteiger partial charge in [0.1, 0.15) is 23.6 Å². The van der Waals surface area contributed by atoms with Gasteiger partial charge in [0.05, 0.1) is 24.1 Å². The third-order valence-electron chi connectivity index (χ3n) is 7.72. The number of piperidine rings is 1. The van der Waals surface area contributed by atoms with E-state index in [2.05, 4.69) is 9.88 Å². The summed E-state index contributed by atoms with van der Waals surface area (Å²) in [4.78, 5) is 18.2. The van der Waals surface area contributed by atoms with Gasteiger partial charge in [-0.25, -0.2) is 13.2 Å². The lowest BCUT2D eigenvalue weighted by Gasteiger charge is -2.41. The van der Waals surface area contributed by atoms with E-state index in [1.807, 2.05) is 0 Å². The Kier molecular flexibility index (Phi) is 9.15. The summed E-state index contributed by atoms with van der Waals surface area (Å²) in [5.41, 5.74) is 0.520. The first-order valence-electron chi connectivity index (χ1n) is 12.8. The molecule has 1 fully saturated rings. The number of carboxylic acid groups (broad SMARTS) is 1. The third-order valence-corrected chi connectivity index (χ3v) is 8.02. The van der Waals surface area contributed by atoms with Crippen LogP contribution in [0.2, 0.25) is 5.02 Å². The van der Waals surface area contributed by atoms with E-state index in [4.69, 9.17) is 16.3 Å². The number of hydrogen-bond acceptors (Lipinski definition) is 4. The van der Waals surface area contributed by atoms with Crippen LogP contribution in [0.25, 0.3) is 10.9 Å². The van der Waals surface area contributed by atoms with E-state index >= 15 is 4.39 Å². The van der Waals surface area contributed by atoms with Gasteiger partial charge in [0.2, 0.25) is 0 Å². The Hall–Kier alpha value is -2.84. The molecular weight excluding hydrogens is 517 g/mol. The molecule has 1 aliphatic rings. The number of ether oxygens (including phenoxy) is 1. The first kappa shape index (κ1) is 28.2. The molecule has 1 aliphatic heterocycles. The van der Waals surface area contributed by atoms with Gasteiger partial charge in [0, 0.05) is 22.7 Å². The van der Waals surface area contributed by atoms with Crippen molar-refractivity contribution in [3.63, 3.8) is 0 Å². The van der Waals surface area contributed by atoms with Crippen LogP contribution in [-0.2, 0) is 11.2 Å². The van der Waals surface area contributed by atoms with Crippen LogP contribution in [0.5, 0.6) is 5.75 Å². The second kappa shape index (κ2) is 12.3. The lowest BCUT2D eigenvalue weighted by Crippen LogP contribution is -2.41. The highest BCUT2D eigenvalue weighted by Crippen LogP contribution is 2.44. The average molecular weight is 549 g/mol. The highest BCUT2D eigenvalue weighted by molar-refractivity contribution is 6.32. The van der Waals surface area contributed by atoms with Crippen LogP contribution >= 0.6 is 11.6 Å². The van der Waals surface area contributed by atoms with Crippen LogP contribution in [0.3, 0.4) is 0 Å². The van der Waals surface area contributed by atoms with Crippen LogP contribution in [-0.4, -0.2) is 47.7 Å². The quantitative estimate of drug-likeness (QED) is 0.275. The van der Waals surface area contributed by atoms with Gasteiger partial charge in [0.25, 0.3) is 0 Å². The summed E-state index contributed by atoms with van der Waals surface area (Å²) in [5.74, 6) is -1.40. The maximum absolute atomic E-state index is 15.7. The number of likely N-dealkylation sites (tertiary alicyclic amines) is 1. The number of aromatic nitrogens is 1. The zero-order valence-corrected chi connectivity index (χ0v) is 22.1. The van der Waals surface area contributed by atoms with Crippen molar-refractivity contribution in [3.05, 3.63) is 70.4 Å². The molecule has 0 bridgehead atoms. The van der Waals surface area contributed by atoms with Crippen LogP contribution in [0.1, 0.15) is 55.8 Å². The lowest BCUT2D eigenvalue weighted by molar-refractivity contribution is -0.141. The topological polar surface area (TPSA) is 62.7 Å². The van der Waals surface area contributed by atoms with Crippen LogP contribution < -0.4 is 4.74 Å². The molecule has 0 saturated carbocycles. The second-order valence-corrected chi connectivity index (χ2v) is 10.5. The molecule has 1 atom stereocenters. The summed E-state index contributed by atoms with van der Waals surface area (Å²) in [6.07, 6.45) is 2.66. The summed E-state index contributed by atoms with van der Waals surface area (Å²) in [5, 5.41) is 10.4. The van der Waals surface area contributed by atoms with Crippen molar-refractivity contribution in [1.29, 1.82) is 0 Å². The molecule has 0 aliphatic carbocycles. The minimum Gasteiger partial charge on any atom is -0.497 e. The number of pyridine rings is 1. The zero-order valence-electron chi connectivity index (χ0n) is 21.4. The normalized spacial score (nSPS) is 16.4. The van der Waals surface area contributed by atoms with E-state index in [1.54, 1.807) is 18.2 Å². The molecule has 0 radical (unpaired) electrons. The van der Waals surface area contributed by atoms with Gasteiger partial charge in [-0.2, -0.15) is 0 Å². The first-order chi connectivity index (χ1) is 18.2. The van der Waals surface area contributed by atoms with Crippen LogP contribution in [0.15, 0.2) is 42.6 Å². The van der Waals surface area contributed by atoms with E-state index in [9.17, 15) is 18.7 Å². The molecule has 4 rings (SSSR count).